The van der Waals surface area contributed by atoms with Gasteiger partial charge in [-0.25, -0.2) is 0 Å². The normalized spacial score (nSPS) is 10.1. The van der Waals surface area contributed by atoms with Crippen LogP contribution >= 0.6 is 31.9 Å². The summed E-state index contributed by atoms with van der Waals surface area (Å²) in [6.45, 7) is 0.605. The lowest BCUT2D eigenvalue weighted by molar-refractivity contribution is 0.0801. The van der Waals surface area contributed by atoms with Gasteiger partial charge in [0.2, 0.25) is 0 Å². The number of amides is 1. The zero-order valence-electron chi connectivity index (χ0n) is 8.20. The van der Waals surface area contributed by atoms with Crippen LogP contribution in [0.2, 0.25) is 0 Å². The van der Waals surface area contributed by atoms with E-state index < -0.39 is 0 Å². The molecule has 0 aliphatic carbocycles. The van der Waals surface area contributed by atoms with Gasteiger partial charge in [-0.2, -0.15) is 0 Å². The molecule has 0 saturated carbocycles. The van der Waals surface area contributed by atoms with Crippen molar-refractivity contribution >= 4 is 37.8 Å². The number of carbonyl (C=O) groups is 1. The number of phenols is 1. The van der Waals surface area contributed by atoms with Crippen molar-refractivity contribution in [3.8, 4) is 5.75 Å². The van der Waals surface area contributed by atoms with E-state index in [0.717, 1.165) is 4.47 Å². The molecular formula is C10H11Br2NO2. The minimum absolute atomic E-state index is 0.00389. The van der Waals surface area contributed by atoms with Crippen molar-refractivity contribution in [2.24, 2.45) is 0 Å². The van der Waals surface area contributed by atoms with Crippen LogP contribution in [0.1, 0.15) is 10.4 Å². The molecule has 1 N–H and O–H groups in total. The van der Waals surface area contributed by atoms with Crippen molar-refractivity contribution in [2.45, 2.75) is 0 Å². The Hall–Kier alpha value is -0.550. The molecule has 0 saturated heterocycles. The molecule has 1 aromatic carbocycles. The fourth-order valence-electron chi connectivity index (χ4n) is 1.12. The summed E-state index contributed by atoms with van der Waals surface area (Å²) in [5, 5.41) is 10.3. The van der Waals surface area contributed by atoms with Gasteiger partial charge in [-0.15, -0.1) is 0 Å². The highest BCUT2D eigenvalue weighted by Crippen LogP contribution is 2.23. The second kappa shape index (κ2) is 5.51. The van der Waals surface area contributed by atoms with Gasteiger partial charge < -0.3 is 10.0 Å². The van der Waals surface area contributed by atoms with Crippen molar-refractivity contribution in [3.05, 3.63) is 28.2 Å². The zero-order chi connectivity index (χ0) is 11.4. The van der Waals surface area contributed by atoms with Crippen LogP contribution in [0.3, 0.4) is 0 Å². The standard InChI is InChI=1S/C10H11Br2NO2/c1-13(5-4-11)10(15)8-3-2-7(12)6-9(8)14/h2-3,6,14H,4-5H2,1H3. The van der Waals surface area contributed by atoms with E-state index >= 15 is 0 Å². The lowest BCUT2D eigenvalue weighted by atomic mass is 10.2. The van der Waals surface area contributed by atoms with Crippen molar-refractivity contribution in [2.75, 3.05) is 18.9 Å². The topological polar surface area (TPSA) is 40.5 Å². The summed E-state index contributed by atoms with van der Waals surface area (Å²) in [7, 11) is 1.70. The Morgan fingerprint density at radius 3 is 2.73 bits per heavy atom. The van der Waals surface area contributed by atoms with Crippen molar-refractivity contribution in [1.82, 2.24) is 4.90 Å². The molecule has 0 unspecified atom stereocenters. The van der Waals surface area contributed by atoms with Gasteiger partial charge in [0.1, 0.15) is 5.75 Å². The SMILES string of the molecule is CN(CCBr)C(=O)c1ccc(Br)cc1O. The van der Waals surface area contributed by atoms with E-state index in [0.29, 0.717) is 17.4 Å². The van der Waals surface area contributed by atoms with Crippen LogP contribution < -0.4 is 0 Å². The van der Waals surface area contributed by atoms with E-state index in [4.69, 9.17) is 0 Å². The Balaban J connectivity index is 2.91. The number of nitrogens with zero attached hydrogens (tertiary/aromatic N) is 1. The quantitative estimate of drug-likeness (QED) is 0.862. The molecule has 15 heavy (non-hydrogen) atoms. The van der Waals surface area contributed by atoms with Crippen LogP contribution in [0.25, 0.3) is 0 Å². The Morgan fingerprint density at radius 1 is 1.53 bits per heavy atom. The smallest absolute Gasteiger partial charge is 0.257 e. The number of alkyl halides is 1. The number of aromatic hydroxyl groups is 1. The molecule has 0 radical (unpaired) electrons. The largest absolute Gasteiger partial charge is 0.507 e. The van der Waals surface area contributed by atoms with E-state index in [1.165, 1.54) is 6.07 Å². The highest BCUT2D eigenvalue weighted by atomic mass is 79.9. The van der Waals surface area contributed by atoms with E-state index in [9.17, 15) is 9.90 Å². The predicted molar refractivity (Wildman–Crippen MR) is 66.6 cm³/mol. The average molecular weight is 337 g/mol. The maximum atomic E-state index is 11.8. The third-order valence-electron chi connectivity index (χ3n) is 1.96. The Morgan fingerprint density at radius 2 is 2.20 bits per heavy atom. The van der Waals surface area contributed by atoms with Gasteiger partial charge in [0.25, 0.3) is 5.91 Å². The molecule has 1 amide bonds. The Labute approximate surface area is 105 Å². The Kier molecular flexibility index (Phi) is 4.60. The lowest BCUT2D eigenvalue weighted by Crippen LogP contribution is -2.28. The number of rotatable bonds is 3. The molecule has 0 aliphatic heterocycles. The van der Waals surface area contributed by atoms with Gasteiger partial charge in [-0.1, -0.05) is 31.9 Å². The van der Waals surface area contributed by atoms with Gasteiger partial charge in [-0.3, -0.25) is 4.79 Å². The molecule has 0 spiro atoms. The lowest BCUT2D eigenvalue weighted by Gasteiger charge is -2.16. The summed E-state index contributed by atoms with van der Waals surface area (Å²) < 4.78 is 0.750. The number of halogens is 2. The van der Waals surface area contributed by atoms with E-state index in [2.05, 4.69) is 31.9 Å². The minimum atomic E-state index is -0.181. The molecule has 3 nitrogen and oxygen atoms in total. The van der Waals surface area contributed by atoms with E-state index in [1.54, 1.807) is 24.1 Å². The van der Waals surface area contributed by atoms with Gasteiger partial charge in [0.15, 0.2) is 0 Å². The molecule has 1 rings (SSSR count). The summed E-state index contributed by atoms with van der Waals surface area (Å²) in [4.78, 5) is 13.3. The zero-order valence-corrected chi connectivity index (χ0v) is 11.4. The molecule has 0 fully saturated rings. The second-order valence-corrected chi connectivity index (χ2v) is 4.79. The van der Waals surface area contributed by atoms with Crippen LogP contribution in [0.5, 0.6) is 5.75 Å². The summed E-state index contributed by atoms with van der Waals surface area (Å²) in [5.74, 6) is -0.185. The maximum Gasteiger partial charge on any atom is 0.257 e. The van der Waals surface area contributed by atoms with Crippen molar-refractivity contribution in [3.63, 3.8) is 0 Å². The molecule has 82 valence electrons. The minimum Gasteiger partial charge on any atom is -0.507 e. The number of benzene rings is 1. The first-order valence-corrected chi connectivity index (χ1v) is 6.27. The van der Waals surface area contributed by atoms with Crippen LogP contribution in [0.4, 0.5) is 0 Å². The number of hydrogen-bond acceptors (Lipinski definition) is 2. The molecule has 1 aromatic rings. The van der Waals surface area contributed by atoms with Gasteiger partial charge in [0, 0.05) is 23.4 Å². The molecular weight excluding hydrogens is 326 g/mol. The summed E-state index contributed by atoms with van der Waals surface area (Å²) in [6, 6.07) is 4.84. The van der Waals surface area contributed by atoms with Crippen LogP contribution in [-0.4, -0.2) is 34.8 Å². The fourth-order valence-corrected chi connectivity index (χ4v) is 2.00. The maximum absolute atomic E-state index is 11.8. The van der Waals surface area contributed by atoms with Gasteiger partial charge in [0.05, 0.1) is 5.56 Å². The molecule has 0 heterocycles. The van der Waals surface area contributed by atoms with Crippen LogP contribution in [0.15, 0.2) is 22.7 Å². The van der Waals surface area contributed by atoms with Crippen LogP contribution in [0, 0.1) is 0 Å². The van der Waals surface area contributed by atoms with Crippen molar-refractivity contribution in [1.29, 1.82) is 0 Å². The van der Waals surface area contributed by atoms with Gasteiger partial charge >= 0.3 is 0 Å². The van der Waals surface area contributed by atoms with E-state index in [-0.39, 0.29) is 11.7 Å². The third kappa shape index (κ3) is 3.21. The highest BCUT2D eigenvalue weighted by Gasteiger charge is 2.14. The number of carbonyl (C=O) groups excluding carboxylic acids is 1. The fraction of sp³-hybridized carbons (Fsp3) is 0.300. The molecule has 0 aliphatic rings. The first-order chi connectivity index (χ1) is 7.06. The average Bonchev–Trinajstić information content (AvgIpc) is 2.17. The summed E-state index contributed by atoms with van der Waals surface area (Å²) in [5.41, 5.74) is 0.321. The number of hydrogen-bond donors (Lipinski definition) is 1. The first kappa shape index (κ1) is 12.5. The van der Waals surface area contributed by atoms with E-state index in [1.807, 2.05) is 0 Å². The first-order valence-electron chi connectivity index (χ1n) is 4.36. The highest BCUT2D eigenvalue weighted by molar-refractivity contribution is 9.10. The monoisotopic (exact) mass is 335 g/mol. The molecule has 0 atom stereocenters. The predicted octanol–water partition coefficient (Wildman–Crippen LogP) is 2.62. The van der Waals surface area contributed by atoms with Gasteiger partial charge in [-0.05, 0) is 18.2 Å². The van der Waals surface area contributed by atoms with Crippen molar-refractivity contribution < 1.29 is 9.90 Å². The third-order valence-corrected chi connectivity index (χ3v) is 2.80. The molecule has 5 heteroatoms. The number of phenolic OH excluding ortho intramolecular Hbond substituents is 1. The second-order valence-electron chi connectivity index (χ2n) is 3.08. The Bertz CT molecular complexity index is 368. The molecule has 0 aromatic heterocycles. The summed E-state index contributed by atoms with van der Waals surface area (Å²) >= 11 is 6.48. The molecule has 0 bridgehead atoms. The van der Waals surface area contributed by atoms with Crippen LogP contribution in [-0.2, 0) is 0 Å². The summed E-state index contributed by atoms with van der Waals surface area (Å²) in [6.07, 6.45) is 0.